The van der Waals surface area contributed by atoms with E-state index in [9.17, 15) is 4.79 Å². The Hall–Kier alpha value is -1.35. The van der Waals surface area contributed by atoms with Crippen LogP contribution in [-0.4, -0.2) is 12.5 Å². The van der Waals surface area contributed by atoms with Gasteiger partial charge in [-0.1, -0.05) is 32.9 Å². The van der Waals surface area contributed by atoms with Crippen LogP contribution >= 0.6 is 0 Å². The van der Waals surface area contributed by atoms with E-state index in [0.717, 1.165) is 31.1 Å². The van der Waals surface area contributed by atoms with Crippen LogP contribution in [0.15, 0.2) is 24.3 Å². The predicted molar refractivity (Wildman–Crippen MR) is 81.1 cm³/mol. The fraction of sp³-hybridized carbons (Fsp3) is 0.562. The van der Waals surface area contributed by atoms with E-state index in [0.29, 0.717) is 6.42 Å². The van der Waals surface area contributed by atoms with Crippen molar-refractivity contribution in [2.45, 2.75) is 46.6 Å². The topological polar surface area (TPSA) is 41.1 Å². The van der Waals surface area contributed by atoms with Gasteiger partial charge in [0.05, 0.1) is 0 Å². The van der Waals surface area contributed by atoms with Crippen LogP contribution in [0.4, 0.5) is 5.69 Å². The number of nitrogens with one attached hydrogen (secondary N) is 2. The van der Waals surface area contributed by atoms with Crippen LogP contribution in [0, 0.1) is 5.92 Å². The van der Waals surface area contributed by atoms with Crippen molar-refractivity contribution >= 4 is 11.6 Å². The van der Waals surface area contributed by atoms with Crippen molar-refractivity contribution in [1.29, 1.82) is 0 Å². The number of carbonyl (C=O) groups is 1. The van der Waals surface area contributed by atoms with Crippen molar-refractivity contribution < 1.29 is 4.79 Å². The molecule has 0 aliphatic heterocycles. The Morgan fingerprint density at radius 1 is 1.21 bits per heavy atom. The van der Waals surface area contributed by atoms with E-state index < -0.39 is 0 Å². The number of anilines is 1. The zero-order valence-corrected chi connectivity index (χ0v) is 12.3. The standard InChI is InChI=1S/C16H26N2O/c1-4-5-16(19)18-15-8-6-14(7-9-15)12-17-11-10-13(2)3/h6-9,13,17H,4-5,10-12H2,1-3H3,(H,18,19). The molecule has 2 N–H and O–H groups in total. The molecule has 1 aromatic rings. The number of rotatable bonds is 8. The average Bonchev–Trinajstić information content (AvgIpc) is 2.36. The van der Waals surface area contributed by atoms with Gasteiger partial charge in [-0.05, 0) is 43.0 Å². The van der Waals surface area contributed by atoms with E-state index in [4.69, 9.17) is 0 Å². The summed E-state index contributed by atoms with van der Waals surface area (Å²) in [6.07, 6.45) is 2.66. The lowest BCUT2D eigenvalue weighted by atomic mass is 10.1. The number of benzene rings is 1. The van der Waals surface area contributed by atoms with Crippen LogP contribution in [-0.2, 0) is 11.3 Å². The number of amides is 1. The lowest BCUT2D eigenvalue weighted by molar-refractivity contribution is -0.116. The molecule has 0 bridgehead atoms. The van der Waals surface area contributed by atoms with E-state index >= 15 is 0 Å². The maximum Gasteiger partial charge on any atom is 0.224 e. The average molecular weight is 262 g/mol. The summed E-state index contributed by atoms with van der Waals surface area (Å²) < 4.78 is 0. The van der Waals surface area contributed by atoms with Gasteiger partial charge in [0.15, 0.2) is 0 Å². The second kappa shape index (κ2) is 8.70. The molecule has 0 spiro atoms. The Kier molecular flexibility index (Phi) is 7.19. The first kappa shape index (κ1) is 15.7. The summed E-state index contributed by atoms with van der Waals surface area (Å²) in [4.78, 5) is 11.4. The molecule has 0 aromatic heterocycles. The summed E-state index contributed by atoms with van der Waals surface area (Å²) in [5, 5.41) is 6.32. The molecule has 0 fully saturated rings. The van der Waals surface area contributed by atoms with Gasteiger partial charge in [-0.25, -0.2) is 0 Å². The van der Waals surface area contributed by atoms with Gasteiger partial charge in [-0.2, -0.15) is 0 Å². The van der Waals surface area contributed by atoms with E-state index in [1.54, 1.807) is 0 Å². The van der Waals surface area contributed by atoms with Gasteiger partial charge < -0.3 is 10.6 Å². The molecule has 1 amide bonds. The smallest absolute Gasteiger partial charge is 0.224 e. The summed E-state index contributed by atoms with van der Waals surface area (Å²) >= 11 is 0. The van der Waals surface area contributed by atoms with Crippen molar-refractivity contribution in [2.24, 2.45) is 5.92 Å². The highest BCUT2D eigenvalue weighted by molar-refractivity contribution is 5.90. The minimum atomic E-state index is 0.0882. The Morgan fingerprint density at radius 3 is 2.47 bits per heavy atom. The molecule has 0 saturated heterocycles. The zero-order chi connectivity index (χ0) is 14.1. The van der Waals surface area contributed by atoms with E-state index in [-0.39, 0.29) is 5.91 Å². The van der Waals surface area contributed by atoms with Gasteiger partial charge in [0.2, 0.25) is 5.91 Å². The third-order valence-electron chi connectivity index (χ3n) is 2.94. The van der Waals surface area contributed by atoms with Crippen molar-refractivity contribution in [3.63, 3.8) is 0 Å². The van der Waals surface area contributed by atoms with Gasteiger partial charge >= 0.3 is 0 Å². The van der Waals surface area contributed by atoms with Crippen LogP contribution < -0.4 is 10.6 Å². The molecule has 0 saturated carbocycles. The molecule has 0 unspecified atom stereocenters. The Labute approximate surface area is 116 Å². The van der Waals surface area contributed by atoms with Crippen LogP contribution in [0.25, 0.3) is 0 Å². The summed E-state index contributed by atoms with van der Waals surface area (Å²) in [5.41, 5.74) is 2.13. The van der Waals surface area contributed by atoms with Crippen LogP contribution in [0.3, 0.4) is 0 Å². The fourth-order valence-electron chi connectivity index (χ4n) is 1.78. The molecule has 0 aliphatic carbocycles. The highest BCUT2D eigenvalue weighted by Crippen LogP contribution is 2.10. The maximum absolute atomic E-state index is 11.4. The highest BCUT2D eigenvalue weighted by atomic mass is 16.1. The maximum atomic E-state index is 11.4. The van der Waals surface area contributed by atoms with Crippen LogP contribution in [0.2, 0.25) is 0 Å². The van der Waals surface area contributed by atoms with Gasteiger partial charge in [0, 0.05) is 18.7 Å². The van der Waals surface area contributed by atoms with Crippen molar-refractivity contribution in [3.05, 3.63) is 29.8 Å². The van der Waals surface area contributed by atoms with Gasteiger partial charge in [-0.15, -0.1) is 0 Å². The summed E-state index contributed by atoms with van der Waals surface area (Å²) in [6, 6.07) is 8.05. The van der Waals surface area contributed by atoms with Gasteiger partial charge in [0.25, 0.3) is 0 Å². The Balaban J connectivity index is 2.33. The Morgan fingerprint density at radius 2 is 1.89 bits per heavy atom. The molecular formula is C16H26N2O. The van der Waals surface area contributed by atoms with Crippen LogP contribution in [0.1, 0.15) is 45.6 Å². The quantitative estimate of drug-likeness (QED) is 0.703. The Bertz CT molecular complexity index is 371. The molecule has 106 valence electrons. The molecule has 19 heavy (non-hydrogen) atoms. The fourth-order valence-corrected chi connectivity index (χ4v) is 1.78. The van der Waals surface area contributed by atoms with Crippen molar-refractivity contribution in [2.75, 3.05) is 11.9 Å². The van der Waals surface area contributed by atoms with Crippen LogP contribution in [0.5, 0.6) is 0 Å². The molecular weight excluding hydrogens is 236 g/mol. The molecule has 3 heteroatoms. The van der Waals surface area contributed by atoms with E-state index in [1.165, 1.54) is 12.0 Å². The second-order valence-electron chi connectivity index (χ2n) is 5.35. The molecule has 0 heterocycles. The monoisotopic (exact) mass is 262 g/mol. The summed E-state index contributed by atoms with van der Waals surface area (Å²) in [7, 11) is 0. The SMILES string of the molecule is CCCC(=O)Nc1ccc(CNCCC(C)C)cc1. The molecule has 0 atom stereocenters. The normalized spacial score (nSPS) is 10.7. The minimum Gasteiger partial charge on any atom is -0.326 e. The molecule has 3 nitrogen and oxygen atoms in total. The lowest BCUT2D eigenvalue weighted by Crippen LogP contribution is -2.16. The largest absolute Gasteiger partial charge is 0.326 e. The van der Waals surface area contributed by atoms with Crippen molar-refractivity contribution in [3.8, 4) is 0 Å². The minimum absolute atomic E-state index is 0.0882. The van der Waals surface area contributed by atoms with E-state index in [1.807, 2.05) is 19.1 Å². The predicted octanol–water partition coefficient (Wildman–Crippen LogP) is 3.56. The third kappa shape index (κ3) is 6.97. The summed E-state index contributed by atoms with van der Waals surface area (Å²) in [6.45, 7) is 8.40. The molecule has 0 radical (unpaired) electrons. The first-order valence-electron chi connectivity index (χ1n) is 7.21. The highest BCUT2D eigenvalue weighted by Gasteiger charge is 2.00. The summed E-state index contributed by atoms with van der Waals surface area (Å²) in [5.74, 6) is 0.828. The first-order valence-corrected chi connectivity index (χ1v) is 7.21. The third-order valence-corrected chi connectivity index (χ3v) is 2.94. The van der Waals surface area contributed by atoms with E-state index in [2.05, 4.69) is 36.6 Å². The second-order valence-corrected chi connectivity index (χ2v) is 5.35. The number of hydrogen-bond acceptors (Lipinski definition) is 2. The molecule has 1 aromatic carbocycles. The lowest BCUT2D eigenvalue weighted by Gasteiger charge is -2.08. The molecule has 1 rings (SSSR count). The van der Waals surface area contributed by atoms with Gasteiger partial charge in [-0.3, -0.25) is 4.79 Å². The number of carbonyl (C=O) groups excluding carboxylic acids is 1. The number of hydrogen-bond donors (Lipinski definition) is 2. The van der Waals surface area contributed by atoms with Gasteiger partial charge in [0.1, 0.15) is 0 Å². The van der Waals surface area contributed by atoms with Crippen molar-refractivity contribution in [1.82, 2.24) is 5.32 Å². The molecule has 0 aliphatic rings. The first-order chi connectivity index (χ1) is 9.11. The zero-order valence-electron chi connectivity index (χ0n) is 12.3.